The van der Waals surface area contributed by atoms with E-state index in [0.717, 1.165) is 6.42 Å². The van der Waals surface area contributed by atoms with Crippen LogP contribution in [0.4, 0.5) is 5.69 Å². The number of hydrogen-bond donors (Lipinski definition) is 1. The molecule has 102 valence electrons. The minimum Gasteiger partial charge on any atom is -0.494 e. The van der Waals surface area contributed by atoms with Crippen LogP contribution < -0.4 is 10.5 Å². The molecule has 5 heteroatoms. The van der Waals surface area contributed by atoms with Crippen LogP contribution in [0.1, 0.15) is 27.2 Å². The molecule has 0 aromatic heterocycles. The lowest BCUT2D eigenvalue weighted by Crippen LogP contribution is -2.15. The van der Waals surface area contributed by atoms with Crippen molar-refractivity contribution < 1.29 is 13.2 Å². The molecular weight excluding hydrogens is 250 g/mol. The Kier molecular flexibility index (Phi) is 5.02. The molecule has 18 heavy (non-hydrogen) atoms. The second kappa shape index (κ2) is 6.09. The largest absolute Gasteiger partial charge is 0.494 e. The van der Waals surface area contributed by atoms with Gasteiger partial charge in [-0.05, 0) is 25.0 Å². The Morgan fingerprint density at radius 2 is 2.00 bits per heavy atom. The van der Waals surface area contributed by atoms with Crippen LogP contribution in [-0.2, 0) is 9.84 Å². The molecule has 0 aliphatic carbocycles. The normalized spacial score (nSPS) is 13.3. The van der Waals surface area contributed by atoms with Gasteiger partial charge in [-0.2, -0.15) is 0 Å². The first-order valence-corrected chi connectivity index (χ1v) is 7.81. The second-order valence-corrected chi connectivity index (χ2v) is 6.43. The van der Waals surface area contributed by atoms with Crippen molar-refractivity contribution in [3.8, 4) is 5.75 Å². The zero-order valence-corrected chi connectivity index (χ0v) is 12.0. The Labute approximate surface area is 109 Å². The van der Waals surface area contributed by atoms with Gasteiger partial charge in [-0.3, -0.25) is 0 Å². The molecule has 1 unspecified atom stereocenters. The third-order valence-electron chi connectivity index (χ3n) is 2.83. The number of nitrogens with two attached hydrogens (primary N) is 1. The lowest BCUT2D eigenvalue weighted by Gasteiger charge is -2.13. The molecule has 0 fully saturated rings. The van der Waals surface area contributed by atoms with Gasteiger partial charge in [-0.25, -0.2) is 8.42 Å². The fourth-order valence-corrected chi connectivity index (χ4v) is 3.51. The Morgan fingerprint density at radius 3 is 2.56 bits per heavy atom. The van der Waals surface area contributed by atoms with Gasteiger partial charge in [0.1, 0.15) is 5.75 Å². The van der Waals surface area contributed by atoms with E-state index in [2.05, 4.69) is 0 Å². The van der Waals surface area contributed by atoms with E-state index in [-0.39, 0.29) is 22.3 Å². The SMILES string of the molecule is CCOc1ccc(N)c(S(=O)(=O)CC(C)CC)c1. The summed E-state index contributed by atoms with van der Waals surface area (Å²) in [5.41, 5.74) is 6.03. The minimum atomic E-state index is -3.35. The lowest BCUT2D eigenvalue weighted by atomic mass is 10.2. The van der Waals surface area contributed by atoms with Gasteiger partial charge in [0, 0.05) is 6.07 Å². The Bertz CT molecular complexity index is 497. The van der Waals surface area contributed by atoms with E-state index >= 15 is 0 Å². The van der Waals surface area contributed by atoms with Crippen LogP contribution in [-0.4, -0.2) is 20.8 Å². The highest BCUT2D eigenvalue weighted by Crippen LogP contribution is 2.26. The molecule has 0 spiro atoms. The summed E-state index contributed by atoms with van der Waals surface area (Å²) in [6.45, 7) is 6.23. The predicted molar refractivity (Wildman–Crippen MR) is 73.5 cm³/mol. The van der Waals surface area contributed by atoms with Crippen LogP contribution in [0, 0.1) is 5.92 Å². The third-order valence-corrected chi connectivity index (χ3v) is 4.86. The van der Waals surface area contributed by atoms with Gasteiger partial charge in [0.05, 0.1) is 22.9 Å². The van der Waals surface area contributed by atoms with E-state index < -0.39 is 9.84 Å². The van der Waals surface area contributed by atoms with Crippen molar-refractivity contribution in [1.29, 1.82) is 0 Å². The highest BCUT2D eigenvalue weighted by Gasteiger charge is 2.21. The second-order valence-electron chi connectivity index (χ2n) is 4.43. The van der Waals surface area contributed by atoms with Gasteiger partial charge >= 0.3 is 0 Å². The number of hydrogen-bond acceptors (Lipinski definition) is 4. The zero-order valence-electron chi connectivity index (χ0n) is 11.1. The molecule has 0 heterocycles. The van der Waals surface area contributed by atoms with Crippen LogP contribution in [0.5, 0.6) is 5.75 Å². The molecule has 2 N–H and O–H groups in total. The summed E-state index contributed by atoms with van der Waals surface area (Å²) in [5.74, 6) is 0.767. The molecule has 0 aliphatic rings. The molecule has 0 amide bonds. The summed E-state index contributed by atoms with van der Waals surface area (Å²) >= 11 is 0. The van der Waals surface area contributed by atoms with Crippen LogP contribution in [0.2, 0.25) is 0 Å². The molecule has 0 saturated carbocycles. The number of sulfone groups is 1. The van der Waals surface area contributed by atoms with E-state index in [0.29, 0.717) is 12.4 Å². The van der Waals surface area contributed by atoms with E-state index in [9.17, 15) is 8.42 Å². The molecule has 1 atom stereocenters. The number of ether oxygens (including phenoxy) is 1. The van der Waals surface area contributed by atoms with Crippen LogP contribution in [0.15, 0.2) is 23.1 Å². The highest BCUT2D eigenvalue weighted by molar-refractivity contribution is 7.91. The summed E-state index contributed by atoms with van der Waals surface area (Å²) in [6, 6.07) is 4.77. The summed E-state index contributed by atoms with van der Waals surface area (Å²) in [6.07, 6.45) is 0.824. The van der Waals surface area contributed by atoms with Gasteiger partial charge in [0.15, 0.2) is 9.84 Å². The monoisotopic (exact) mass is 271 g/mol. The molecule has 0 saturated heterocycles. The minimum absolute atomic E-state index is 0.114. The molecule has 1 rings (SSSR count). The molecule has 0 radical (unpaired) electrons. The van der Waals surface area contributed by atoms with E-state index in [1.165, 1.54) is 6.07 Å². The maximum Gasteiger partial charge on any atom is 0.180 e. The van der Waals surface area contributed by atoms with Gasteiger partial charge in [0.2, 0.25) is 0 Å². The fourth-order valence-electron chi connectivity index (χ4n) is 1.62. The van der Waals surface area contributed by atoms with Crippen LogP contribution >= 0.6 is 0 Å². The van der Waals surface area contributed by atoms with Crippen molar-refractivity contribution in [2.75, 3.05) is 18.1 Å². The average molecular weight is 271 g/mol. The van der Waals surface area contributed by atoms with Crippen molar-refractivity contribution in [2.24, 2.45) is 5.92 Å². The first kappa shape index (κ1) is 14.8. The first-order valence-electron chi connectivity index (χ1n) is 6.15. The fraction of sp³-hybridized carbons (Fsp3) is 0.538. The maximum absolute atomic E-state index is 12.2. The van der Waals surface area contributed by atoms with E-state index in [1.54, 1.807) is 12.1 Å². The number of benzene rings is 1. The predicted octanol–water partition coefficient (Wildman–Crippen LogP) is 2.49. The Hall–Kier alpha value is -1.23. The zero-order chi connectivity index (χ0) is 13.8. The summed E-state index contributed by atoms with van der Waals surface area (Å²) in [7, 11) is -3.35. The van der Waals surface area contributed by atoms with E-state index in [1.807, 2.05) is 20.8 Å². The number of rotatable bonds is 6. The van der Waals surface area contributed by atoms with E-state index in [4.69, 9.17) is 10.5 Å². The van der Waals surface area contributed by atoms with Crippen LogP contribution in [0.3, 0.4) is 0 Å². The lowest BCUT2D eigenvalue weighted by molar-refractivity contribution is 0.339. The van der Waals surface area contributed by atoms with Crippen molar-refractivity contribution >= 4 is 15.5 Å². The van der Waals surface area contributed by atoms with Crippen LogP contribution in [0.25, 0.3) is 0 Å². The smallest absolute Gasteiger partial charge is 0.180 e. The quantitative estimate of drug-likeness (QED) is 0.807. The molecule has 1 aromatic carbocycles. The molecule has 0 bridgehead atoms. The maximum atomic E-state index is 12.2. The first-order chi connectivity index (χ1) is 8.40. The summed E-state index contributed by atoms with van der Waals surface area (Å²) in [4.78, 5) is 0.175. The molecule has 4 nitrogen and oxygen atoms in total. The molecule has 0 aliphatic heterocycles. The summed E-state index contributed by atoms with van der Waals surface area (Å²) < 4.78 is 29.8. The summed E-state index contributed by atoms with van der Waals surface area (Å²) in [5, 5.41) is 0. The average Bonchev–Trinajstić information content (AvgIpc) is 2.31. The van der Waals surface area contributed by atoms with Gasteiger partial charge in [-0.1, -0.05) is 20.3 Å². The standard InChI is InChI=1S/C13H21NO3S/c1-4-10(3)9-18(15,16)13-8-11(17-5-2)6-7-12(13)14/h6-8,10H,4-5,9,14H2,1-3H3. The van der Waals surface area contributed by atoms with Crippen molar-refractivity contribution in [2.45, 2.75) is 32.1 Å². The van der Waals surface area contributed by atoms with Crippen molar-refractivity contribution in [1.82, 2.24) is 0 Å². The molecular formula is C13H21NO3S. The molecule has 1 aromatic rings. The highest BCUT2D eigenvalue weighted by atomic mass is 32.2. The number of nitrogen functional groups attached to an aromatic ring is 1. The van der Waals surface area contributed by atoms with Crippen molar-refractivity contribution in [3.05, 3.63) is 18.2 Å². The Balaban J connectivity index is 3.10. The van der Waals surface area contributed by atoms with Gasteiger partial charge < -0.3 is 10.5 Å². The van der Waals surface area contributed by atoms with Gasteiger partial charge in [-0.15, -0.1) is 0 Å². The third kappa shape index (κ3) is 3.63. The van der Waals surface area contributed by atoms with Crippen molar-refractivity contribution in [3.63, 3.8) is 0 Å². The Morgan fingerprint density at radius 1 is 1.33 bits per heavy atom. The van der Waals surface area contributed by atoms with Gasteiger partial charge in [0.25, 0.3) is 0 Å². The topological polar surface area (TPSA) is 69.4 Å². The number of anilines is 1.